The largest absolute Gasteiger partial charge is 0.388 e. The normalized spacial score (nSPS) is 24.9. The molecule has 1 N–H and O–H groups in total. The number of nitrogens with zero attached hydrogens (tertiary/aromatic N) is 1. The van der Waals surface area contributed by atoms with E-state index in [9.17, 15) is 9.90 Å². The number of aliphatic hydroxyl groups excluding tert-OH is 1. The van der Waals surface area contributed by atoms with Gasteiger partial charge in [0.1, 0.15) is 0 Å². The molecule has 1 aromatic carbocycles. The Morgan fingerprint density at radius 2 is 2.00 bits per heavy atom. The van der Waals surface area contributed by atoms with E-state index in [1.54, 1.807) is 0 Å². The average molecular weight is 345 g/mol. The van der Waals surface area contributed by atoms with Crippen molar-refractivity contribution in [3.8, 4) is 0 Å². The number of likely N-dealkylation sites (tertiary alicyclic amines) is 1. The van der Waals surface area contributed by atoms with Crippen LogP contribution in [0.3, 0.4) is 0 Å². The molecule has 138 valence electrons. The van der Waals surface area contributed by atoms with Crippen LogP contribution in [-0.4, -0.2) is 42.2 Å². The molecule has 25 heavy (non-hydrogen) atoms. The minimum absolute atomic E-state index is 0.106. The maximum absolute atomic E-state index is 12.5. The third-order valence-corrected chi connectivity index (χ3v) is 5.77. The molecule has 1 spiro atoms. The molecule has 1 aromatic rings. The molecule has 0 radical (unpaired) electrons. The number of carbonyl (C=O) groups excluding carboxylic acids is 1. The van der Waals surface area contributed by atoms with Crippen molar-refractivity contribution in [2.24, 2.45) is 5.41 Å². The van der Waals surface area contributed by atoms with Crippen molar-refractivity contribution in [1.29, 1.82) is 0 Å². The molecule has 1 amide bonds. The summed E-state index contributed by atoms with van der Waals surface area (Å²) in [6.45, 7) is 9.80. The second kappa shape index (κ2) is 7.08. The van der Waals surface area contributed by atoms with Gasteiger partial charge in [0, 0.05) is 31.5 Å². The Morgan fingerprint density at radius 3 is 2.60 bits per heavy atom. The van der Waals surface area contributed by atoms with Gasteiger partial charge in [0.25, 0.3) is 0 Å². The third-order valence-electron chi connectivity index (χ3n) is 5.77. The van der Waals surface area contributed by atoms with E-state index < -0.39 is 6.10 Å². The van der Waals surface area contributed by atoms with E-state index in [0.717, 1.165) is 44.7 Å². The van der Waals surface area contributed by atoms with E-state index in [2.05, 4.69) is 32.9 Å². The summed E-state index contributed by atoms with van der Waals surface area (Å²) in [5, 5.41) is 10.4. The Bertz CT molecular complexity index is 597. The predicted octanol–water partition coefficient (Wildman–Crippen LogP) is 3.44. The molecule has 2 heterocycles. The zero-order valence-electron chi connectivity index (χ0n) is 15.8. The maximum atomic E-state index is 12.5. The van der Waals surface area contributed by atoms with E-state index in [4.69, 9.17) is 4.74 Å². The van der Waals surface area contributed by atoms with Gasteiger partial charge >= 0.3 is 0 Å². The van der Waals surface area contributed by atoms with Crippen molar-refractivity contribution in [1.82, 2.24) is 4.90 Å². The molecule has 2 atom stereocenters. The number of amides is 1. The topological polar surface area (TPSA) is 49.8 Å². The molecule has 0 bridgehead atoms. The Labute approximate surface area is 151 Å². The number of benzene rings is 1. The van der Waals surface area contributed by atoms with Gasteiger partial charge in [-0.3, -0.25) is 4.79 Å². The van der Waals surface area contributed by atoms with Crippen molar-refractivity contribution >= 4 is 5.91 Å². The molecule has 2 fully saturated rings. The lowest BCUT2D eigenvalue weighted by atomic mass is 9.86. The molecule has 4 heteroatoms. The molecule has 2 saturated heterocycles. The first kappa shape index (κ1) is 18.4. The van der Waals surface area contributed by atoms with Crippen LogP contribution in [0.2, 0.25) is 0 Å². The average Bonchev–Trinajstić information content (AvgIpc) is 3.22. The fraction of sp³-hybridized carbons (Fsp3) is 0.667. The first-order valence-corrected chi connectivity index (χ1v) is 9.43. The number of rotatable bonds is 4. The van der Waals surface area contributed by atoms with Gasteiger partial charge in [0.05, 0.1) is 12.7 Å². The lowest BCUT2D eigenvalue weighted by Gasteiger charge is -2.22. The van der Waals surface area contributed by atoms with Crippen LogP contribution in [0.25, 0.3) is 0 Å². The zero-order chi connectivity index (χ0) is 18.1. The Hall–Kier alpha value is -1.39. The molecule has 0 aliphatic carbocycles. The van der Waals surface area contributed by atoms with Gasteiger partial charge in [-0.15, -0.1) is 0 Å². The van der Waals surface area contributed by atoms with Crippen molar-refractivity contribution < 1.29 is 14.6 Å². The third kappa shape index (κ3) is 4.24. The quantitative estimate of drug-likeness (QED) is 0.909. The zero-order valence-corrected chi connectivity index (χ0v) is 15.8. The number of ether oxygens (including phenoxy) is 1. The van der Waals surface area contributed by atoms with Gasteiger partial charge in [0.2, 0.25) is 5.91 Å². The van der Waals surface area contributed by atoms with Gasteiger partial charge in [0.15, 0.2) is 0 Å². The number of carbonyl (C=O) groups is 1. The highest BCUT2D eigenvalue weighted by Crippen LogP contribution is 2.38. The van der Waals surface area contributed by atoms with Crippen LogP contribution in [-0.2, 0) is 14.9 Å². The van der Waals surface area contributed by atoms with Crippen LogP contribution >= 0.6 is 0 Å². The Morgan fingerprint density at radius 1 is 1.28 bits per heavy atom. The minimum atomic E-state index is -0.579. The van der Waals surface area contributed by atoms with E-state index in [0.29, 0.717) is 12.8 Å². The second-order valence-electron chi connectivity index (χ2n) is 8.79. The standard InChI is InChI=1S/C21H31NO3/c1-20(2,3)17-6-4-16(5-7-17)18(23)8-9-19(24)22-12-10-21(14-22)11-13-25-15-21/h4-7,18,23H,8-15H2,1-3H3/t18-,21+/m1/s1. The van der Waals surface area contributed by atoms with Crippen molar-refractivity contribution in [2.45, 2.75) is 58.0 Å². The molecule has 0 unspecified atom stereocenters. The summed E-state index contributed by atoms with van der Waals surface area (Å²) in [5.74, 6) is 0.161. The minimum Gasteiger partial charge on any atom is -0.388 e. The van der Waals surface area contributed by atoms with Crippen molar-refractivity contribution in [3.63, 3.8) is 0 Å². The molecule has 0 saturated carbocycles. The fourth-order valence-electron chi connectivity index (χ4n) is 3.91. The predicted molar refractivity (Wildman–Crippen MR) is 98.4 cm³/mol. The Kier molecular flexibility index (Phi) is 5.21. The number of hydrogen-bond donors (Lipinski definition) is 1. The lowest BCUT2D eigenvalue weighted by Crippen LogP contribution is -2.32. The Balaban J connectivity index is 1.50. The fourth-order valence-corrected chi connectivity index (χ4v) is 3.91. The van der Waals surface area contributed by atoms with Gasteiger partial charge in [-0.2, -0.15) is 0 Å². The summed E-state index contributed by atoms with van der Waals surface area (Å²) < 4.78 is 5.52. The first-order chi connectivity index (χ1) is 11.8. The highest BCUT2D eigenvalue weighted by Gasteiger charge is 2.42. The molecule has 0 aromatic heterocycles. The molecular weight excluding hydrogens is 314 g/mol. The van der Waals surface area contributed by atoms with E-state index >= 15 is 0 Å². The highest BCUT2D eigenvalue weighted by molar-refractivity contribution is 5.76. The summed E-state index contributed by atoms with van der Waals surface area (Å²) in [6.07, 6.45) is 2.42. The van der Waals surface area contributed by atoms with Gasteiger partial charge in [-0.25, -0.2) is 0 Å². The first-order valence-electron chi connectivity index (χ1n) is 9.43. The molecule has 4 nitrogen and oxygen atoms in total. The number of hydrogen-bond acceptors (Lipinski definition) is 3. The van der Waals surface area contributed by atoms with Crippen LogP contribution in [0, 0.1) is 5.41 Å². The maximum Gasteiger partial charge on any atom is 0.222 e. The SMILES string of the molecule is CC(C)(C)c1ccc([C@H](O)CCC(=O)N2CC[C@]3(CCOC3)C2)cc1. The summed E-state index contributed by atoms with van der Waals surface area (Å²) in [7, 11) is 0. The monoisotopic (exact) mass is 345 g/mol. The van der Waals surface area contributed by atoms with Crippen LogP contribution in [0.4, 0.5) is 0 Å². The van der Waals surface area contributed by atoms with E-state index in [1.807, 2.05) is 17.0 Å². The molecule has 2 aliphatic heterocycles. The van der Waals surface area contributed by atoms with Gasteiger partial charge in [-0.05, 0) is 35.8 Å². The van der Waals surface area contributed by atoms with Crippen LogP contribution < -0.4 is 0 Å². The van der Waals surface area contributed by atoms with Crippen molar-refractivity contribution in [3.05, 3.63) is 35.4 Å². The summed E-state index contributed by atoms with van der Waals surface area (Å²) in [6, 6.07) is 8.11. The number of aliphatic hydroxyl groups is 1. The van der Waals surface area contributed by atoms with Gasteiger partial charge in [-0.1, -0.05) is 45.0 Å². The molecular formula is C21H31NO3. The summed E-state index contributed by atoms with van der Waals surface area (Å²) in [5.41, 5.74) is 2.45. The van der Waals surface area contributed by atoms with Crippen LogP contribution in [0.1, 0.15) is 63.7 Å². The van der Waals surface area contributed by atoms with E-state index in [1.165, 1.54) is 5.56 Å². The molecule has 2 aliphatic rings. The highest BCUT2D eigenvalue weighted by atomic mass is 16.5. The van der Waals surface area contributed by atoms with Gasteiger partial charge < -0.3 is 14.7 Å². The molecule has 3 rings (SSSR count). The van der Waals surface area contributed by atoms with Crippen LogP contribution in [0.5, 0.6) is 0 Å². The smallest absolute Gasteiger partial charge is 0.222 e. The summed E-state index contributed by atoms with van der Waals surface area (Å²) >= 11 is 0. The van der Waals surface area contributed by atoms with Crippen LogP contribution in [0.15, 0.2) is 24.3 Å². The summed E-state index contributed by atoms with van der Waals surface area (Å²) in [4.78, 5) is 14.4. The van der Waals surface area contributed by atoms with Crippen molar-refractivity contribution in [2.75, 3.05) is 26.3 Å². The van der Waals surface area contributed by atoms with E-state index in [-0.39, 0.29) is 16.7 Å². The lowest BCUT2D eigenvalue weighted by molar-refractivity contribution is -0.131. The second-order valence-corrected chi connectivity index (χ2v) is 8.79.